The molecule has 0 saturated carbocycles. The number of nitrogens with one attached hydrogen (secondary N) is 1. The predicted molar refractivity (Wildman–Crippen MR) is 86.2 cm³/mol. The minimum absolute atomic E-state index is 0.0143. The van der Waals surface area contributed by atoms with Gasteiger partial charge in [-0.05, 0) is 22.9 Å². The second-order valence-electron chi connectivity index (χ2n) is 5.29. The van der Waals surface area contributed by atoms with E-state index in [2.05, 4.69) is 31.4 Å². The van der Waals surface area contributed by atoms with Gasteiger partial charge in [0, 0.05) is 13.0 Å². The molecular weight excluding hydrogens is 425 g/mol. The van der Waals surface area contributed by atoms with E-state index in [1.165, 1.54) is 17.8 Å². The Morgan fingerprint density at radius 2 is 2.12 bits per heavy atom. The normalized spacial score (nSPS) is 11.6. The van der Waals surface area contributed by atoms with Gasteiger partial charge in [0.25, 0.3) is 0 Å². The fourth-order valence-corrected chi connectivity index (χ4v) is 2.61. The van der Waals surface area contributed by atoms with Crippen LogP contribution in [0.15, 0.2) is 16.9 Å². The quantitative estimate of drug-likeness (QED) is 0.526. The molecule has 0 atom stereocenters. The zero-order valence-electron chi connectivity index (χ0n) is 13.5. The van der Waals surface area contributed by atoms with Crippen molar-refractivity contribution in [3.05, 3.63) is 38.4 Å². The zero-order valence-corrected chi connectivity index (χ0v) is 15.0. The molecule has 2 aromatic heterocycles. The molecule has 2 aromatic rings. The molecule has 0 aliphatic carbocycles. The first-order valence-corrected chi connectivity index (χ1v) is 8.12. The van der Waals surface area contributed by atoms with Crippen LogP contribution in [-0.2, 0) is 24.1 Å². The molecule has 0 bridgehead atoms. The van der Waals surface area contributed by atoms with Crippen molar-refractivity contribution < 1.29 is 22.9 Å². The fraction of sp³-hybridized carbons (Fsp3) is 0.462. The van der Waals surface area contributed by atoms with E-state index in [1.807, 2.05) is 0 Å². The molecule has 0 spiro atoms. The van der Waals surface area contributed by atoms with Gasteiger partial charge < -0.3 is 5.32 Å². The van der Waals surface area contributed by atoms with Gasteiger partial charge in [-0.15, -0.1) is 0 Å². The van der Waals surface area contributed by atoms with E-state index in [0.29, 0.717) is 0 Å². The molecule has 0 aliphatic heterocycles. The number of aromatic nitrogens is 4. The number of carbonyl (C=O) groups excluding carboxylic acids is 1. The zero-order chi connectivity index (χ0) is 19.5. The molecule has 0 radical (unpaired) electrons. The second-order valence-corrected chi connectivity index (χ2v) is 6.08. The standard InChI is InChI=1S/C13H14BrF3N6O3/c1-8-11(14)12(13(15,16)17)20-22(8)4-2-10(24)18-3-5-21-7-9(6-19-21)23(25)26/h6-7H,2-5H2,1H3,(H,18,24). The largest absolute Gasteiger partial charge is 0.436 e. The summed E-state index contributed by atoms with van der Waals surface area (Å²) in [6, 6.07) is 0. The number of hydrogen-bond acceptors (Lipinski definition) is 5. The Labute approximate surface area is 153 Å². The van der Waals surface area contributed by atoms with E-state index in [1.54, 1.807) is 0 Å². The number of alkyl halides is 3. The van der Waals surface area contributed by atoms with Crippen LogP contribution in [0.4, 0.5) is 18.9 Å². The fourth-order valence-electron chi connectivity index (χ4n) is 2.10. The molecule has 0 aromatic carbocycles. The number of amides is 1. The van der Waals surface area contributed by atoms with Crippen molar-refractivity contribution in [2.75, 3.05) is 6.54 Å². The third-order valence-corrected chi connectivity index (χ3v) is 4.40. The molecule has 26 heavy (non-hydrogen) atoms. The number of nitro groups is 1. The van der Waals surface area contributed by atoms with Gasteiger partial charge in [0.1, 0.15) is 12.4 Å². The van der Waals surface area contributed by atoms with Gasteiger partial charge in [-0.2, -0.15) is 23.4 Å². The van der Waals surface area contributed by atoms with Crippen LogP contribution in [0, 0.1) is 17.0 Å². The maximum Gasteiger partial charge on any atom is 0.436 e. The van der Waals surface area contributed by atoms with Gasteiger partial charge >= 0.3 is 11.9 Å². The highest BCUT2D eigenvalue weighted by molar-refractivity contribution is 9.10. The minimum Gasteiger partial charge on any atom is -0.354 e. The molecule has 2 rings (SSSR count). The molecule has 2 heterocycles. The van der Waals surface area contributed by atoms with Gasteiger partial charge in [0.05, 0.1) is 28.2 Å². The Morgan fingerprint density at radius 3 is 2.65 bits per heavy atom. The van der Waals surface area contributed by atoms with E-state index >= 15 is 0 Å². The average molecular weight is 439 g/mol. The Balaban J connectivity index is 1.82. The first-order chi connectivity index (χ1) is 12.1. The van der Waals surface area contributed by atoms with E-state index in [0.717, 1.165) is 10.9 Å². The average Bonchev–Trinajstić information content (AvgIpc) is 3.12. The van der Waals surface area contributed by atoms with E-state index in [4.69, 9.17) is 0 Å². The third kappa shape index (κ3) is 4.80. The number of carbonyl (C=O) groups is 1. The summed E-state index contributed by atoms with van der Waals surface area (Å²) in [6.45, 7) is 1.85. The Hall–Kier alpha value is -2.44. The highest BCUT2D eigenvalue weighted by Gasteiger charge is 2.37. The molecule has 1 N–H and O–H groups in total. The third-order valence-electron chi connectivity index (χ3n) is 3.45. The molecule has 142 valence electrons. The van der Waals surface area contributed by atoms with E-state index in [9.17, 15) is 28.1 Å². The van der Waals surface area contributed by atoms with Crippen molar-refractivity contribution in [3.63, 3.8) is 0 Å². The molecule has 9 nitrogen and oxygen atoms in total. The smallest absolute Gasteiger partial charge is 0.354 e. The van der Waals surface area contributed by atoms with E-state index < -0.39 is 16.8 Å². The van der Waals surface area contributed by atoms with Crippen molar-refractivity contribution in [1.82, 2.24) is 24.9 Å². The molecule has 13 heteroatoms. The number of halogens is 4. The van der Waals surface area contributed by atoms with Crippen LogP contribution in [0.1, 0.15) is 17.8 Å². The number of rotatable bonds is 7. The summed E-state index contributed by atoms with van der Waals surface area (Å²) < 4.78 is 40.6. The lowest BCUT2D eigenvalue weighted by Crippen LogP contribution is -2.28. The Kier molecular flexibility index (Phi) is 6.00. The van der Waals surface area contributed by atoms with Crippen LogP contribution in [0.25, 0.3) is 0 Å². The Bertz CT molecular complexity index is 817. The highest BCUT2D eigenvalue weighted by Crippen LogP contribution is 2.35. The molecule has 0 unspecified atom stereocenters. The lowest BCUT2D eigenvalue weighted by molar-refractivity contribution is -0.385. The molecule has 0 fully saturated rings. The van der Waals surface area contributed by atoms with Gasteiger partial charge in [-0.25, -0.2) is 0 Å². The highest BCUT2D eigenvalue weighted by atomic mass is 79.9. The van der Waals surface area contributed by atoms with Crippen LogP contribution in [-0.4, -0.2) is 36.9 Å². The molecule has 0 aliphatic rings. The first-order valence-electron chi connectivity index (χ1n) is 7.33. The lowest BCUT2D eigenvalue weighted by Gasteiger charge is -2.07. The maximum absolute atomic E-state index is 12.8. The van der Waals surface area contributed by atoms with Gasteiger partial charge in [0.15, 0.2) is 5.69 Å². The topological polar surface area (TPSA) is 108 Å². The number of hydrogen-bond donors (Lipinski definition) is 1. The van der Waals surface area contributed by atoms with Crippen molar-refractivity contribution in [1.29, 1.82) is 0 Å². The van der Waals surface area contributed by atoms with E-state index in [-0.39, 0.29) is 47.8 Å². The summed E-state index contributed by atoms with van der Waals surface area (Å²) in [4.78, 5) is 21.7. The van der Waals surface area contributed by atoms with Crippen molar-refractivity contribution in [3.8, 4) is 0 Å². The predicted octanol–water partition coefficient (Wildman–Crippen LogP) is 2.28. The van der Waals surface area contributed by atoms with Crippen LogP contribution in [0.2, 0.25) is 0 Å². The summed E-state index contributed by atoms with van der Waals surface area (Å²) in [5.74, 6) is -0.383. The molecule has 1 amide bonds. The number of nitrogens with zero attached hydrogens (tertiary/aromatic N) is 5. The molecule has 0 saturated heterocycles. The van der Waals surface area contributed by atoms with Crippen LogP contribution >= 0.6 is 15.9 Å². The summed E-state index contributed by atoms with van der Waals surface area (Å²) >= 11 is 2.86. The van der Waals surface area contributed by atoms with Crippen LogP contribution < -0.4 is 5.32 Å². The second kappa shape index (κ2) is 7.85. The monoisotopic (exact) mass is 438 g/mol. The SMILES string of the molecule is Cc1c(Br)c(C(F)(F)F)nn1CCC(=O)NCCn1cc([N+](=O)[O-])cn1. The van der Waals surface area contributed by atoms with Crippen LogP contribution in [0.5, 0.6) is 0 Å². The summed E-state index contributed by atoms with van der Waals surface area (Å²) in [6.07, 6.45) is -2.32. The maximum atomic E-state index is 12.8. The molecular formula is C13H14BrF3N6O3. The van der Waals surface area contributed by atoms with Crippen molar-refractivity contribution in [2.24, 2.45) is 0 Å². The summed E-state index contributed by atoms with van der Waals surface area (Å²) in [5.41, 5.74) is -0.916. The first kappa shape index (κ1) is 19.9. The number of aryl methyl sites for hydroxylation is 1. The van der Waals surface area contributed by atoms with Crippen LogP contribution in [0.3, 0.4) is 0 Å². The van der Waals surface area contributed by atoms with Crippen molar-refractivity contribution >= 4 is 27.5 Å². The lowest BCUT2D eigenvalue weighted by atomic mass is 10.3. The summed E-state index contributed by atoms with van der Waals surface area (Å²) in [7, 11) is 0. The van der Waals surface area contributed by atoms with Gasteiger partial charge in [-0.1, -0.05) is 0 Å². The van der Waals surface area contributed by atoms with Gasteiger partial charge in [0.2, 0.25) is 5.91 Å². The summed E-state index contributed by atoms with van der Waals surface area (Å²) in [5, 5.41) is 20.4. The Morgan fingerprint density at radius 1 is 1.42 bits per heavy atom. The van der Waals surface area contributed by atoms with Crippen molar-refractivity contribution in [2.45, 2.75) is 32.6 Å². The van der Waals surface area contributed by atoms with Gasteiger partial charge in [-0.3, -0.25) is 24.3 Å². The minimum atomic E-state index is -4.58.